The molecule has 5 rings (SSSR count). The fraction of sp³-hybridized carbons (Fsp3) is 0.278. The summed E-state index contributed by atoms with van der Waals surface area (Å²) in [7, 11) is 0. The van der Waals surface area contributed by atoms with Gasteiger partial charge in [-0.2, -0.15) is 0 Å². The predicted molar refractivity (Wildman–Crippen MR) is 94.8 cm³/mol. The number of nitrogens with zero attached hydrogens (tertiary/aromatic N) is 5. The molecule has 1 atom stereocenters. The van der Waals surface area contributed by atoms with Gasteiger partial charge in [0.1, 0.15) is 17.5 Å². The number of rotatable bonds is 2. The van der Waals surface area contributed by atoms with Gasteiger partial charge in [-0.05, 0) is 25.0 Å². The molecule has 0 spiro atoms. The second kappa shape index (κ2) is 5.74. The van der Waals surface area contributed by atoms with Gasteiger partial charge in [0.15, 0.2) is 6.29 Å². The Bertz CT molecular complexity index is 938. The van der Waals surface area contributed by atoms with Crippen LogP contribution in [-0.4, -0.2) is 32.2 Å². The van der Waals surface area contributed by atoms with E-state index < -0.39 is 11.6 Å². The van der Waals surface area contributed by atoms with Gasteiger partial charge >= 0.3 is 0 Å². The Hall–Kier alpha value is -2.54. The van der Waals surface area contributed by atoms with E-state index >= 15 is 0 Å². The van der Waals surface area contributed by atoms with Crippen molar-refractivity contribution >= 4 is 23.4 Å². The molecule has 26 heavy (non-hydrogen) atoms. The van der Waals surface area contributed by atoms with Gasteiger partial charge in [-0.25, -0.2) is 13.8 Å². The number of imidazole rings is 1. The van der Waals surface area contributed by atoms with E-state index in [2.05, 4.69) is 14.8 Å². The van der Waals surface area contributed by atoms with Gasteiger partial charge in [0.25, 0.3) is 0 Å². The van der Waals surface area contributed by atoms with Gasteiger partial charge in [-0.15, -0.1) is 0 Å². The van der Waals surface area contributed by atoms with Crippen molar-refractivity contribution in [3.05, 3.63) is 65.1 Å². The van der Waals surface area contributed by atoms with Crippen LogP contribution >= 0.6 is 11.6 Å². The lowest BCUT2D eigenvalue weighted by Crippen LogP contribution is -2.51. The lowest BCUT2D eigenvalue weighted by Gasteiger charge is -2.41. The minimum absolute atomic E-state index is 0.184. The normalized spacial score (nSPS) is 21.3. The van der Waals surface area contributed by atoms with Crippen LogP contribution in [0.15, 0.2) is 42.6 Å². The number of hydrogen-bond donors (Lipinski definition) is 0. The highest BCUT2D eigenvalue weighted by molar-refractivity contribution is 6.30. The first kappa shape index (κ1) is 15.7. The predicted octanol–water partition coefficient (Wildman–Crippen LogP) is 3.80. The largest absolute Gasteiger partial charge is 0.336 e. The third-order valence-corrected chi connectivity index (χ3v) is 5.35. The third kappa shape index (κ3) is 2.30. The van der Waals surface area contributed by atoms with Gasteiger partial charge in [-0.3, -0.25) is 0 Å². The molecule has 0 N–H and O–H groups in total. The molecule has 0 bridgehead atoms. The lowest BCUT2D eigenvalue weighted by atomic mass is 10.2. The molecule has 4 heterocycles. The maximum atomic E-state index is 14.6. The van der Waals surface area contributed by atoms with E-state index in [1.165, 1.54) is 6.07 Å². The summed E-state index contributed by atoms with van der Waals surface area (Å²) in [5, 5.41) is -0.212. The molecular weight excluding hydrogens is 360 g/mol. The SMILES string of the molecule is Fc1cc(N2C=C3CCCN3C2N2C=Cc3nccn3C2)c(F)cc1Cl. The summed E-state index contributed by atoms with van der Waals surface area (Å²) in [6.45, 7) is 1.47. The quantitative estimate of drug-likeness (QED) is 0.746. The highest BCUT2D eigenvalue weighted by Crippen LogP contribution is 2.39. The molecule has 1 aromatic heterocycles. The highest BCUT2D eigenvalue weighted by atomic mass is 35.5. The smallest absolute Gasteiger partial charge is 0.186 e. The number of allylic oxidation sites excluding steroid dienone is 1. The van der Waals surface area contributed by atoms with E-state index in [4.69, 9.17) is 11.6 Å². The maximum Gasteiger partial charge on any atom is 0.186 e. The van der Waals surface area contributed by atoms with Crippen LogP contribution in [0.3, 0.4) is 0 Å². The van der Waals surface area contributed by atoms with Crippen LogP contribution in [0.4, 0.5) is 14.5 Å². The minimum atomic E-state index is -0.627. The fourth-order valence-corrected chi connectivity index (χ4v) is 4.03. The molecule has 0 aliphatic carbocycles. The highest BCUT2D eigenvalue weighted by Gasteiger charge is 2.40. The zero-order valence-electron chi connectivity index (χ0n) is 13.8. The number of hydrogen-bond acceptors (Lipinski definition) is 4. The second-order valence-electron chi connectivity index (χ2n) is 6.62. The molecule has 0 radical (unpaired) electrons. The molecular formula is C18H16ClF2N5. The number of aromatic nitrogens is 2. The van der Waals surface area contributed by atoms with Crippen LogP contribution in [0.25, 0.3) is 6.08 Å². The van der Waals surface area contributed by atoms with Gasteiger partial charge < -0.3 is 19.3 Å². The number of halogens is 3. The minimum Gasteiger partial charge on any atom is -0.336 e. The first-order valence-electron chi connectivity index (χ1n) is 8.47. The van der Waals surface area contributed by atoms with Crippen LogP contribution in [0, 0.1) is 11.6 Å². The van der Waals surface area contributed by atoms with E-state index in [0.29, 0.717) is 6.67 Å². The molecule has 5 nitrogen and oxygen atoms in total. The third-order valence-electron chi connectivity index (χ3n) is 5.06. The molecule has 1 aromatic carbocycles. The molecule has 1 unspecified atom stereocenters. The fourth-order valence-electron chi connectivity index (χ4n) is 3.87. The Kier molecular flexibility index (Phi) is 3.46. The zero-order chi connectivity index (χ0) is 17.8. The van der Waals surface area contributed by atoms with Crippen molar-refractivity contribution in [2.24, 2.45) is 0 Å². The van der Waals surface area contributed by atoms with Crippen molar-refractivity contribution in [1.82, 2.24) is 19.4 Å². The van der Waals surface area contributed by atoms with Crippen molar-refractivity contribution in [3.8, 4) is 0 Å². The Morgan fingerprint density at radius 2 is 2.08 bits per heavy atom. The van der Waals surface area contributed by atoms with Crippen molar-refractivity contribution < 1.29 is 8.78 Å². The summed E-state index contributed by atoms with van der Waals surface area (Å²) in [6.07, 6.45) is 11.2. The van der Waals surface area contributed by atoms with Crippen LogP contribution in [0.5, 0.6) is 0 Å². The summed E-state index contributed by atoms with van der Waals surface area (Å²) in [6, 6.07) is 2.20. The molecule has 2 aromatic rings. The molecule has 1 fully saturated rings. The van der Waals surface area contributed by atoms with E-state index in [0.717, 1.165) is 37.0 Å². The first-order valence-corrected chi connectivity index (χ1v) is 8.85. The first-order chi connectivity index (χ1) is 12.6. The average molecular weight is 376 g/mol. The van der Waals surface area contributed by atoms with Crippen LogP contribution < -0.4 is 4.90 Å². The molecule has 0 amide bonds. The summed E-state index contributed by atoms with van der Waals surface area (Å²) in [5.74, 6) is -0.286. The Balaban J connectivity index is 1.56. The van der Waals surface area contributed by atoms with Crippen LogP contribution in [0.1, 0.15) is 18.7 Å². The van der Waals surface area contributed by atoms with Crippen molar-refractivity contribution in [1.29, 1.82) is 0 Å². The van der Waals surface area contributed by atoms with Gasteiger partial charge in [0, 0.05) is 43.1 Å². The van der Waals surface area contributed by atoms with Crippen LogP contribution in [-0.2, 0) is 6.67 Å². The zero-order valence-corrected chi connectivity index (χ0v) is 14.6. The number of benzene rings is 1. The maximum absolute atomic E-state index is 14.6. The van der Waals surface area contributed by atoms with Gasteiger partial charge in [0.05, 0.1) is 17.4 Å². The van der Waals surface area contributed by atoms with E-state index in [1.54, 1.807) is 11.1 Å². The Morgan fingerprint density at radius 1 is 1.19 bits per heavy atom. The molecule has 3 aliphatic rings. The van der Waals surface area contributed by atoms with Gasteiger partial charge in [-0.1, -0.05) is 11.6 Å². The molecule has 134 valence electrons. The van der Waals surface area contributed by atoms with E-state index in [9.17, 15) is 8.78 Å². The van der Waals surface area contributed by atoms with E-state index in [-0.39, 0.29) is 17.0 Å². The molecule has 8 heteroatoms. The summed E-state index contributed by atoms with van der Waals surface area (Å²) < 4.78 is 30.6. The molecule has 1 saturated heterocycles. The average Bonchev–Trinajstić information content (AvgIpc) is 3.32. The van der Waals surface area contributed by atoms with Crippen molar-refractivity contribution in [2.75, 3.05) is 11.4 Å². The van der Waals surface area contributed by atoms with Crippen molar-refractivity contribution in [2.45, 2.75) is 25.8 Å². The number of anilines is 1. The second-order valence-corrected chi connectivity index (χ2v) is 7.02. The van der Waals surface area contributed by atoms with Crippen molar-refractivity contribution in [3.63, 3.8) is 0 Å². The monoisotopic (exact) mass is 375 g/mol. The lowest BCUT2D eigenvalue weighted by molar-refractivity contribution is 0.110. The summed E-state index contributed by atoms with van der Waals surface area (Å²) >= 11 is 5.73. The van der Waals surface area contributed by atoms with Crippen LogP contribution in [0.2, 0.25) is 5.02 Å². The molecule has 0 saturated carbocycles. The Labute approximate surface area is 154 Å². The topological polar surface area (TPSA) is 27.5 Å². The van der Waals surface area contributed by atoms with Gasteiger partial charge in [0.2, 0.25) is 0 Å². The Morgan fingerprint density at radius 3 is 2.96 bits per heavy atom. The summed E-state index contributed by atoms with van der Waals surface area (Å²) in [4.78, 5) is 10.4. The molecule has 3 aliphatic heterocycles. The van der Waals surface area contributed by atoms with E-state index in [1.807, 2.05) is 29.2 Å². The number of fused-ring (bicyclic) bond motifs is 2. The standard InChI is InChI=1S/C18H16ClF2N5/c19-13-8-15(21)16(9-14(13)20)26-10-12-2-1-5-25(12)18(26)24-6-3-17-22-4-7-23(17)11-24/h3-4,6-10,18H,1-2,5,11H2. The summed E-state index contributed by atoms with van der Waals surface area (Å²) in [5.41, 5.74) is 1.32.